The summed E-state index contributed by atoms with van der Waals surface area (Å²) >= 11 is 0. The van der Waals surface area contributed by atoms with Crippen molar-refractivity contribution in [2.45, 2.75) is 45.9 Å². The lowest BCUT2D eigenvalue weighted by Gasteiger charge is -2.24. The number of esters is 1. The second kappa shape index (κ2) is 12.7. The summed E-state index contributed by atoms with van der Waals surface area (Å²) in [5.74, 6) is -0.359. The van der Waals surface area contributed by atoms with Crippen LogP contribution in [0.4, 0.5) is 4.79 Å². The largest absolute Gasteiger partial charge is 0.506 e. The fourth-order valence-corrected chi connectivity index (χ4v) is 5.38. The Balaban J connectivity index is 1.87. The van der Waals surface area contributed by atoms with Crippen LogP contribution in [0.25, 0.3) is 5.69 Å². The lowest BCUT2D eigenvalue weighted by Crippen LogP contribution is -2.36. The number of hydrogen-bond donors (Lipinski definition) is 2. The Kier molecular flexibility index (Phi) is 9.68. The third kappa shape index (κ3) is 7.67. The molecule has 11 nitrogen and oxygen atoms in total. The van der Waals surface area contributed by atoms with E-state index in [2.05, 4.69) is 10.2 Å². The Morgan fingerprint density at radius 1 is 1.05 bits per heavy atom. The van der Waals surface area contributed by atoms with Crippen LogP contribution in [0.5, 0.6) is 5.75 Å². The molecule has 3 atom stereocenters. The molecule has 2 N–H and O–H groups in total. The zero-order valence-corrected chi connectivity index (χ0v) is 22.8. The lowest BCUT2D eigenvalue weighted by molar-refractivity contribution is -0.149. The number of carbonyl (C=O) groups excluding carboxylic acids is 1. The van der Waals surface area contributed by atoms with Gasteiger partial charge in [-0.05, 0) is 63.6 Å². The molecule has 0 saturated carbocycles. The zero-order valence-electron chi connectivity index (χ0n) is 21.9. The number of para-hydroxylation sites is 1. The number of benzene rings is 2. The van der Waals surface area contributed by atoms with Crippen molar-refractivity contribution in [3.8, 4) is 11.4 Å². The van der Waals surface area contributed by atoms with Crippen LogP contribution in [0.1, 0.15) is 43.8 Å². The lowest BCUT2D eigenvalue weighted by atomic mass is 10.1. The number of carbonyl (C=O) groups is 2. The maximum atomic E-state index is 13.4. The summed E-state index contributed by atoms with van der Waals surface area (Å²) in [7, 11) is -2.31. The average Bonchev–Trinajstić information content (AvgIpc) is 3.24. The first-order chi connectivity index (χ1) is 18.0. The maximum absolute atomic E-state index is 13.4. The summed E-state index contributed by atoms with van der Waals surface area (Å²) in [6.07, 6.45) is -3.08. The normalized spacial score (nSPS) is 14.4. The van der Waals surface area contributed by atoms with Crippen molar-refractivity contribution >= 4 is 19.6 Å². The van der Waals surface area contributed by atoms with Gasteiger partial charge in [-0.3, -0.25) is 9.36 Å². The van der Waals surface area contributed by atoms with Crippen LogP contribution in [-0.4, -0.2) is 52.6 Å². The molecule has 0 amide bonds. The van der Waals surface area contributed by atoms with E-state index in [9.17, 15) is 19.3 Å². The van der Waals surface area contributed by atoms with Gasteiger partial charge in [-0.1, -0.05) is 30.3 Å². The molecule has 38 heavy (non-hydrogen) atoms. The summed E-state index contributed by atoms with van der Waals surface area (Å²) in [5, 5.41) is 16.6. The number of carboxylic acid groups (broad SMARTS) is 1. The molecule has 1 aromatic heterocycles. The van der Waals surface area contributed by atoms with Gasteiger partial charge in [0.25, 0.3) is 0 Å². The maximum Gasteiger partial charge on any atom is 0.506 e. The van der Waals surface area contributed by atoms with E-state index in [-0.39, 0.29) is 18.2 Å². The molecular weight excluding hydrogens is 513 g/mol. The number of ether oxygens (including phenoxy) is 3. The van der Waals surface area contributed by atoms with E-state index in [4.69, 9.17) is 18.7 Å². The summed E-state index contributed by atoms with van der Waals surface area (Å²) < 4.78 is 36.2. The molecule has 2 unspecified atom stereocenters. The molecule has 3 aromatic rings. The second-order valence-electron chi connectivity index (χ2n) is 8.81. The molecule has 0 aliphatic rings. The minimum atomic E-state index is -3.67. The highest BCUT2D eigenvalue weighted by Crippen LogP contribution is 2.44. The van der Waals surface area contributed by atoms with E-state index in [0.29, 0.717) is 17.0 Å². The van der Waals surface area contributed by atoms with Crippen LogP contribution in [-0.2, 0) is 23.6 Å². The highest BCUT2D eigenvalue weighted by atomic mass is 31.2. The Labute approximate surface area is 221 Å². The Hall–Kier alpha value is -3.66. The fraction of sp³-hybridized carbons (Fsp3) is 0.346. The molecule has 0 fully saturated rings. The molecule has 204 valence electrons. The van der Waals surface area contributed by atoms with Gasteiger partial charge in [-0.25, -0.2) is 14.6 Å². The molecule has 0 aliphatic heterocycles. The number of nitrogens with one attached hydrogen (secondary N) is 1. The van der Waals surface area contributed by atoms with E-state index in [1.165, 1.54) is 26.2 Å². The van der Waals surface area contributed by atoms with Gasteiger partial charge in [0.05, 0.1) is 23.2 Å². The smallest absolute Gasteiger partial charge is 0.462 e. The molecular formula is C26H32N3O8P. The van der Waals surface area contributed by atoms with Gasteiger partial charge >= 0.3 is 19.6 Å². The van der Waals surface area contributed by atoms with E-state index >= 15 is 0 Å². The summed E-state index contributed by atoms with van der Waals surface area (Å²) in [5.41, 5.74) is 2.43. The standard InChI is InChI=1S/C26H32N3O8P/c1-17(2)35-25(30)19(4)28-38(33,16-34-5)37-22-13-11-20(12-14-22)24(36-26(31)32)23-15-18(3)27-29(23)21-9-7-6-8-10-21/h6-15,17,19,24H,16H2,1-5H3,(H,28,33)(H,31,32)/t19-,24?,38?/m0/s1. The highest BCUT2D eigenvalue weighted by Gasteiger charge is 2.31. The number of rotatable bonds is 12. The van der Waals surface area contributed by atoms with Crippen molar-refractivity contribution in [1.82, 2.24) is 14.9 Å². The fourth-order valence-electron chi connectivity index (χ4n) is 3.70. The molecule has 0 spiro atoms. The molecule has 0 aliphatic carbocycles. The highest BCUT2D eigenvalue weighted by molar-refractivity contribution is 7.57. The topological polar surface area (TPSA) is 138 Å². The predicted molar refractivity (Wildman–Crippen MR) is 140 cm³/mol. The first-order valence-electron chi connectivity index (χ1n) is 11.9. The average molecular weight is 546 g/mol. The van der Waals surface area contributed by atoms with Crippen molar-refractivity contribution in [2.75, 3.05) is 13.5 Å². The van der Waals surface area contributed by atoms with Crippen LogP contribution < -0.4 is 9.61 Å². The number of hydrogen-bond acceptors (Lipinski definition) is 8. The second-order valence-corrected chi connectivity index (χ2v) is 10.9. The van der Waals surface area contributed by atoms with E-state index in [0.717, 1.165) is 5.69 Å². The summed E-state index contributed by atoms with van der Waals surface area (Å²) in [6.45, 7) is 6.75. The molecule has 2 aromatic carbocycles. The van der Waals surface area contributed by atoms with Crippen molar-refractivity contribution in [3.05, 3.63) is 77.6 Å². The number of nitrogens with zero attached hydrogens (tertiary/aromatic N) is 2. The summed E-state index contributed by atoms with van der Waals surface area (Å²) in [4.78, 5) is 23.8. The Morgan fingerprint density at radius 2 is 1.71 bits per heavy atom. The van der Waals surface area contributed by atoms with Crippen LogP contribution in [0.2, 0.25) is 0 Å². The van der Waals surface area contributed by atoms with Crippen LogP contribution in [0.3, 0.4) is 0 Å². The van der Waals surface area contributed by atoms with Crippen molar-refractivity contribution < 1.29 is 38.0 Å². The van der Waals surface area contributed by atoms with Crippen LogP contribution in [0.15, 0.2) is 60.7 Å². The molecule has 1 heterocycles. The zero-order chi connectivity index (χ0) is 27.9. The van der Waals surface area contributed by atoms with E-state index in [1.54, 1.807) is 43.7 Å². The minimum absolute atomic E-state index is 0.216. The van der Waals surface area contributed by atoms with Gasteiger partial charge in [0, 0.05) is 7.11 Å². The number of aromatic nitrogens is 2. The first-order valence-corrected chi connectivity index (χ1v) is 13.7. The number of aryl methyl sites for hydroxylation is 1. The van der Waals surface area contributed by atoms with E-state index in [1.807, 2.05) is 30.3 Å². The molecule has 0 saturated heterocycles. The van der Waals surface area contributed by atoms with Gasteiger partial charge < -0.3 is 23.8 Å². The third-order valence-electron chi connectivity index (χ3n) is 5.18. The Morgan fingerprint density at radius 3 is 2.29 bits per heavy atom. The molecule has 0 bridgehead atoms. The van der Waals surface area contributed by atoms with Crippen molar-refractivity contribution in [2.24, 2.45) is 0 Å². The van der Waals surface area contributed by atoms with Crippen LogP contribution >= 0.6 is 7.52 Å². The summed E-state index contributed by atoms with van der Waals surface area (Å²) in [6, 6.07) is 16.4. The van der Waals surface area contributed by atoms with Gasteiger partial charge in [-0.2, -0.15) is 5.10 Å². The quantitative estimate of drug-likeness (QED) is 0.234. The third-order valence-corrected chi connectivity index (χ3v) is 7.06. The van der Waals surface area contributed by atoms with Gasteiger partial charge in [0.1, 0.15) is 18.1 Å². The van der Waals surface area contributed by atoms with Gasteiger partial charge in [-0.15, -0.1) is 0 Å². The molecule has 0 radical (unpaired) electrons. The van der Waals surface area contributed by atoms with Gasteiger partial charge in [0.2, 0.25) is 0 Å². The van der Waals surface area contributed by atoms with E-state index < -0.39 is 31.8 Å². The number of methoxy groups -OCH3 is 1. The van der Waals surface area contributed by atoms with Gasteiger partial charge in [0.15, 0.2) is 6.10 Å². The minimum Gasteiger partial charge on any atom is -0.462 e. The van der Waals surface area contributed by atoms with Crippen LogP contribution in [0, 0.1) is 6.92 Å². The monoisotopic (exact) mass is 545 g/mol. The van der Waals surface area contributed by atoms with Crippen molar-refractivity contribution in [1.29, 1.82) is 0 Å². The Bertz CT molecular complexity index is 1280. The SMILES string of the molecule is COCP(=O)(N[C@@H](C)C(=O)OC(C)C)Oc1ccc(C(OC(=O)O)c2cc(C)nn2-c2ccccc2)cc1. The van der Waals surface area contributed by atoms with Crippen molar-refractivity contribution in [3.63, 3.8) is 0 Å². The first kappa shape index (κ1) is 28.9. The molecule has 3 rings (SSSR count). The molecule has 12 heteroatoms. The predicted octanol–water partition coefficient (Wildman–Crippen LogP) is 5.07.